The Morgan fingerprint density at radius 1 is 1.23 bits per heavy atom. The maximum Gasteiger partial charge on any atom is 0.288 e. The first kappa shape index (κ1) is 15.7. The Labute approximate surface area is 133 Å². The first-order valence-electron chi connectivity index (χ1n) is 7.64. The van der Waals surface area contributed by atoms with Crippen molar-refractivity contribution in [2.24, 2.45) is 5.41 Å². The van der Waals surface area contributed by atoms with Crippen molar-refractivity contribution in [3.63, 3.8) is 0 Å². The number of nitrogens with zero attached hydrogens (tertiary/aromatic N) is 1. The van der Waals surface area contributed by atoms with Crippen LogP contribution in [-0.4, -0.2) is 42.7 Å². The lowest BCUT2D eigenvalue weighted by Crippen LogP contribution is -2.44. The van der Waals surface area contributed by atoms with Crippen molar-refractivity contribution in [2.45, 2.75) is 29.9 Å². The van der Waals surface area contributed by atoms with Crippen LogP contribution < -0.4 is 5.32 Å². The Bertz CT molecular complexity index is 537. The summed E-state index contributed by atoms with van der Waals surface area (Å²) in [6.07, 6.45) is 3.17. The van der Waals surface area contributed by atoms with Crippen LogP contribution in [-0.2, 0) is 0 Å². The van der Waals surface area contributed by atoms with Crippen molar-refractivity contribution in [3.05, 3.63) is 29.8 Å². The molecule has 0 atom stereocenters. The van der Waals surface area contributed by atoms with Gasteiger partial charge in [0.1, 0.15) is 0 Å². The fourth-order valence-electron chi connectivity index (χ4n) is 3.42. The van der Waals surface area contributed by atoms with Crippen LogP contribution in [0.25, 0.3) is 0 Å². The van der Waals surface area contributed by atoms with E-state index in [0.29, 0.717) is 40.7 Å². The number of likely N-dealkylation sites (tertiary alicyclic amines) is 1. The van der Waals surface area contributed by atoms with Gasteiger partial charge in [0.2, 0.25) is 0 Å². The van der Waals surface area contributed by atoms with E-state index >= 15 is 0 Å². The van der Waals surface area contributed by atoms with Crippen LogP contribution in [0.2, 0.25) is 0 Å². The highest BCUT2D eigenvalue weighted by Gasteiger charge is 2.38. The zero-order valence-corrected chi connectivity index (χ0v) is 13.2. The summed E-state index contributed by atoms with van der Waals surface area (Å²) in [4.78, 5) is 14.8. The van der Waals surface area contributed by atoms with E-state index in [1.54, 1.807) is 24.3 Å². The van der Waals surface area contributed by atoms with E-state index in [1.807, 2.05) is 4.90 Å². The summed E-state index contributed by atoms with van der Waals surface area (Å²) in [5, 5.41) is 3.40. The third-order valence-corrected chi connectivity index (χ3v) is 5.57. The Kier molecular flexibility index (Phi) is 4.68. The molecule has 2 heterocycles. The average Bonchev–Trinajstić information content (AvgIpc) is 2.96. The Morgan fingerprint density at radius 2 is 1.95 bits per heavy atom. The quantitative estimate of drug-likeness (QED) is 0.866. The monoisotopic (exact) mass is 326 g/mol. The van der Waals surface area contributed by atoms with Gasteiger partial charge in [-0.25, -0.2) is 0 Å². The molecule has 2 saturated heterocycles. The molecule has 1 amide bonds. The average molecular weight is 326 g/mol. The summed E-state index contributed by atoms with van der Waals surface area (Å²) in [6.45, 7) is 3.52. The van der Waals surface area contributed by atoms with E-state index in [-0.39, 0.29) is 5.91 Å². The van der Waals surface area contributed by atoms with Crippen LogP contribution in [0, 0.1) is 5.41 Å². The summed E-state index contributed by atoms with van der Waals surface area (Å²) in [6, 6.07) is 6.66. The molecular formula is C16H20F2N2OS. The minimum Gasteiger partial charge on any atom is -0.339 e. The molecule has 22 heavy (non-hydrogen) atoms. The van der Waals surface area contributed by atoms with Gasteiger partial charge < -0.3 is 10.2 Å². The smallest absolute Gasteiger partial charge is 0.288 e. The molecule has 1 aromatic rings. The molecule has 0 bridgehead atoms. The minimum absolute atomic E-state index is 0.121. The van der Waals surface area contributed by atoms with Crippen molar-refractivity contribution in [2.75, 3.05) is 26.2 Å². The first-order valence-corrected chi connectivity index (χ1v) is 8.51. The van der Waals surface area contributed by atoms with Crippen LogP contribution in [0.3, 0.4) is 0 Å². The summed E-state index contributed by atoms with van der Waals surface area (Å²) in [7, 11) is 0. The topological polar surface area (TPSA) is 32.3 Å². The molecule has 1 N–H and O–H groups in total. The Morgan fingerprint density at radius 3 is 2.59 bits per heavy atom. The van der Waals surface area contributed by atoms with Crippen LogP contribution in [0.15, 0.2) is 29.2 Å². The highest BCUT2D eigenvalue weighted by atomic mass is 32.2. The maximum atomic E-state index is 12.7. The lowest BCUT2D eigenvalue weighted by atomic mass is 9.78. The number of hydrogen-bond donors (Lipinski definition) is 1. The van der Waals surface area contributed by atoms with E-state index in [4.69, 9.17) is 0 Å². The van der Waals surface area contributed by atoms with Gasteiger partial charge in [0.05, 0.1) is 5.56 Å². The van der Waals surface area contributed by atoms with Crippen molar-refractivity contribution >= 4 is 17.7 Å². The standard InChI is InChI=1S/C16H20F2N2OS/c17-15(18)22-13-4-2-1-3-12(13)14(21)20-9-6-16(7-10-20)5-8-19-11-16/h1-4,15,19H,5-11H2. The Balaban J connectivity index is 1.70. The molecule has 3 nitrogen and oxygen atoms in total. The predicted molar refractivity (Wildman–Crippen MR) is 83.4 cm³/mol. The number of amides is 1. The first-order chi connectivity index (χ1) is 10.6. The molecule has 2 aliphatic heterocycles. The van der Waals surface area contributed by atoms with Crippen molar-refractivity contribution in [1.29, 1.82) is 0 Å². The van der Waals surface area contributed by atoms with Gasteiger partial charge in [-0.3, -0.25) is 4.79 Å². The predicted octanol–water partition coefficient (Wildman–Crippen LogP) is 3.22. The molecule has 0 unspecified atom stereocenters. The van der Waals surface area contributed by atoms with Crippen LogP contribution >= 0.6 is 11.8 Å². The molecule has 0 radical (unpaired) electrons. The summed E-state index contributed by atoms with van der Waals surface area (Å²) in [5.41, 5.74) is 0.738. The molecule has 120 valence electrons. The number of alkyl halides is 2. The van der Waals surface area contributed by atoms with Crippen molar-refractivity contribution in [3.8, 4) is 0 Å². The SMILES string of the molecule is O=C(c1ccccc1SC(F)F)N1CCC2(CCNC2)CC1. The van der Waals surface area contributed by atoms with Crippen LogP contribution in [0.4, 0.5) is 8.78 Å². The third-order valence-electron chi connectivity index (χ3n) is 4.78. The van der Waals surface area contributed by atoms with E-state index in [1.165, 1.54) is 6.42 Å². The molecule has 2 aliphatic rings. The molecule has 3 rings (SSSR count). The van der Waals surface area contributed by atoms with Gasteiger partial charge in [0.25, 0.3) is 11.7 Å². The molecule has 1 spiro atoms. The number of piperidine rings is 1. The second-order valence-electron chi connectivity index (χ2n) is 6.09. The van der Waals surface area contributed by atoms with Crippen LogP contribution in [0.5, 0.6) is 0 Å². The van der Waals surface area contributed by atoms with E-state index in [0.717, 1.165) is 25.9 Å². The van der Waals surface area contributed by atoms with Gasteiger partial charge in [0.15, 0.2) is 0 Å². The van der Waals surface area contributed by atoms with Gasteiger partial charge in [-0.15, -0.1) is 0 Å². The van der Waals surface area contributed by atoms with E-state index in [2.05, 4.69) is 5.32 Å². The molecule has 1 aromatic carbocycles. The van der Waals surface area contributed by atoms with E-state index < -0.39 is 5.76 Å². The highest BCUT2D eigenvalue weighted by Crippen LogP contribution is 2.38. The van der Waals surface area contributed by atoms with Crippen LogP contribution in [0.1, 0.15) is 29.6 Å². The number of hydrogen-bond acceptors (Lipinski definition) is 3. The van der Waals surface area contributed by atoms with Gasteiger partial charge in [0, 0.05) is 24.5 Å². The van der Waals surface area contributed by atoms with Gasteiger partial charge in [-0.05, 0) is 43.4 Å². The molecular weight excluding hydrogens is 306 g/mol. The fraction of sp³-hybridized carbons (Fsp3) is 0.562. The van der Waals surface area contributed by atoms with Crippen molar-refractivity contribution < 1.29 is 13.6 Å². The summed E-state index contributed by atoms with van der Waals surface area (Å²) >= 11 is 0.445. The summed E-state index contributed by atoms with van der Waals surface area (Å²) in [5.74, 6) is -2.63. The van der Waals surface area contributed by atoms with Gasteiger partial charge in [-0.1, -0.05) is 23.9 Å². The third kappa shape index (κ3) is 3.27. The number of carbonyl (C=O) groups is 1. The van der Waals surface area contributed by atoms with Gasteiger partial charge in [-0.2, -0.15) is 8.78 Å². The zero-order chi connectivity index (χ0) is 15.6. The molecule has 2 fully saturated rings. The Hall–Kier alpha value is -1.14. The number of nitrogens with one attached hydrogen (secondary N) is 1. The van der Waals surface area contributed by atoms with Crippen molar-refractivity contribution in [1.82, 2.24) is 10.2 Å². The zero-order valence-electron chi connectivity index (χ0n) is 12.4. The highest BCUT2D eigenvalue weighted by molar-refractivity contribution is 7.99. The minimum atomic E-state index is -2.51. The number of carbonyl (C=O) groups excluding carboxylic acids is 1. The number of thioether (sulfide) groups is 1. The fourth-order valence-corrected chi connectivity index (χ4v) is 4.05. The maximum absolute atomic E-state index is 12.7. The molecule has 0 saturated carbocycles. The number of benzene rings is 1. The number of rotatable bonds is 3. The lowest BCUT2D eigenvalue weighted by Gasteiger charge is -2.39. The molecule has 0 aromatic heterocycles. The van der Waals surface area contributed by atoms with E-state index in [9.17, 15) is 13.6 Å². The summed E-state index contributed by atoms with van der Waals surface area (Å²) < 4.78 is 25.3. The molecule has 0 aliphatic carbocycles. The second-order valence-corrected chi connectivity index (χ2v) is 7.13. The lowest BCUT2D eigenvalue weighted by molar-refractivity contribution is 0.0604. The molecule has 6 heteroatoms. The number of halogens is 2. The normalized spacial score (nSPS) is 20.8. The largest absolute Gasteiger partial charge is 0.339 e. The second kappa shape index (κ2) is 6.54. The van der Waals surface area contributed by atoms with Gasteiger partial charge >= 0.3 is 0 Å².